The monoisotopic (exact) mass is 355 g/mol. The number of carbonyl (C=O) groups is 3. The summed E-state index contributed by atoms with van der Waals surface area (Å²) in [6.07, 6.45) is 1.52. The number of hydrogen-bond donors (Lipinski definition) is 1. The number of rotatable bonds is 6. The average molecular weight is 355 g/mol. The highest BCUT2D eigenvalue weighted by Crippen LogP contribution is 2.12. The van der Waals surface area contributed by atoms with Gasteiger partial charge < -0.3 is 19.5 Å². The minimum Gasteiger partial charge on any atom is -0.467 e. The predicted octanol–water partition coefficient (Wildman–Crippen LogP) is 1.08. The maximum absolute atomic E-state index is 12.3. The van der Waals surface area contributed by atoms with Crippen LogP contribution in [0.5, 0.6) is 0 Å². The smallest absolute Gasteiger partial charge is 0.312 e. The molecule has 1 aliphatic heterocycles. The standard InChI is InChI=1S/C19H21N3O4/c1-14-4-2-5-15(10-14)12-21-7-8-22(19(25)18(21)24)13-17(23)20-11-16-6-3-9-26-16/h2-6,9-10H,7-8,11-13H2,1H3,(H,20,23). The number of benzene rings is 1. The van der Waals surface area contributed by atoms with Crippen LogP contribution in [0, 0.1) is 6.92 Å². The molecule has 0 spiro atoms. The fraction of sp³-hybridized carbons (Fsp3) is 0.316. The highest BCUT2D eigenvalue weighted by molar-refractivity contribution is 6.35. The van der Waals surface area contributed by atoms with E-state index in [0.717, 1.165) is 11.1 Å². The van der Waals surface area contributed by atoms with Gasteiger partial charge >= 0.3 is 11.8 Å². The molecule has 1 N–H and O–H groups in total. The Morgan fingerprint density at radius 1 is 1.12 bits per heavy atom. The van der Waals surface area contributed by atoms with Crippen LogP contribution in [0.2, 0.25) is 0 Å². The molecule has 26 heavy (non-hydrogen) atoms. The summed E-state index contributed by atoms with van der Waals surface area (Å²) in [7, 11) is 0. The van der Waals surface area contributed by atoms with Crippen molar-refractivity contribution in [2.75, 3.05) is 19.6 Å². The van der Waals surface area contributed by atoms with Gasteiger partial charge in [0.1, 0.15) is 12.3 Å². The third kappa shape index (κ3) is 4.30. The molecule has 1 aromatic carbocycles. The molecule has 0 radical (unpaired) electrons. The molecule has 2 heterocycles. The number of amides is 3. The molecule has 1 saturated heterocycles. The Labute approximate surface area is 151 Å². The quantitative estimate of drug-likeness (QED) is 0.786. The normalized spacial score (nSPS) is 14.7. The van der Waals surface area contributed by atoms with Crippen molar-refractivity contribution in [1.29, 1.82) is 0 Å². The van der Waals surface area contributed by atoms with Crippen molar-refractivity contribution >= 4 is 17.7 Å². The van der Waals surface area contributed by atoms with E-state index in [1.165, 1.54) is 16.1 Å². The maximum Gasteiger partial charge on any atom is 0.312 e. The summed E-state index contributed by atoms with van der Waals surface area (Å²) < 4.78 is 5.14. The van der Waals surface area contributed by atoms with Gasteiger partial charge in [0.2, 0.25) is 5.91 Å². The summed E-state index contributed by atoms with van der Waals surface area (Å²) in [5.41, 5.74) is 2.09. The molecular formula is C19H21N3O4. The highest BCUT2D eigenvalue weighted by Gasteiger charge is 2.33. The Morgan fingerprint density at radius 2 is 1.88 bits per heavy atom. The van der Waals surface area contributed by atoms with E-state index >= 15 is 0 Å². The third-order valence-electron chi connectivity index (χ3n) is 4.23. The molecule has 3 amide bonds. The van der Waals surface area contributed by atoms with Crippen molar-refractivity contribution in [2.45, 2.75) is 20.0 Å². The van der Waals surface area contributed by atoms with Gasteiger partial charge in [-0.1, -0.05) is 29.8 Å². The Hall–Kier alpha value is -3.09. The van der Waals surface area contributed by atoms with Crippen molar-refractivity contribution in [1.82, 2.24) is 15.1 Å². The summed E-state index contributed by atoms with van der Waals surface area (Å²) in [6, 6.07) is 11.3. The van der Waals surface area contributed by atoms with E-state index in [-0.39, 0.29) is 19.0 Å². The number of furan rings is 1. The molecule has 0 bridgehead atoms. The minimum atomic E-state index is -0.642. The van der Waals surface area contributed by atoms with Gasteiger partial charge in [0.25, 0.3) is 0 Å². The number of piperazine rings is 1. The molecule has 7 heteroatoms. The molecule has 0 atom stereocenters. The minimum absolute atomic E-state index is 0.135. The maximum atomic E-state index is 12.3. The first-order valence-electron chi connectivity index (χ1n) is 8.46. The van der Waals surface area contributed by atoms with Crippen LogP contribution in [0.3, 0.4) is 0 Å². The van der Waals surface area contributed by atoms with Gasteiger partial charge in [-0.05, 0) is 24.6 Å². The van der Waals surface area contributed by atoms with Gasteiger partial charge in [0, 0.05) is 19.6 Å². The van der Waals surface area contributed by atoms with E-state index in [1.807, 2.05) is 31.2 Å². The van der Waals surface area contributed by atoms with Crippen molar-refractivity contribution in [3.63, 3.8) is 0 Å². The van der Waals surface area contributed by atoms with Crippen molar-refractivity contribution in [3.05, 3.63) is 59.5 Å². The summed E-state index contributed by atoms with van der Waals surface area (Å²) in [6.45, 7) is 3.24. The number of carbonyl (C=O) groups excluding carboxylic acids is 3. The summed E-state index contributed by atoms with van der Waals surface area (Å²) in [4.78, 5) is 39.4. The first kappa shape index (κ1) is 17.7. The molecule has 2 aromatic rings. The highest BCUT2D eigenvalue weighted by atomic mass is 16.3. The van der Waals surface area contributed by atoms with Gasteiger partial charge in [0.05, 0.1) is 12.8 Å². The zero-order valence-electron chi connectivity index (χ0n) is 14.6. The van der Waals surface area contributed by atoms with E-state index in [1.54, 1.807) is 12.1 Å². The third-order valence-corrected chi connectivity index (χ3v) is 4.23. The second-order valence-electron chi connectivity index (χ2n) is 6.30. The largest absolute Gasteiger partial charge is 0.467 e. The van der Waals surface area contributed by atoms with Crippen LogP contribution in [0.1, 0.15) is 16.9 Å². The second-order valence-corrected chi connectivity index (χ2v) is 6.30. The van der Waals surface area contributed by atoms with Crippen LogP contribution in [-0.4, -0.2) is 47.2 Å². The Morgan fingerprint density at radius 3 is 2.62 bits per heavy atom. The zero-order chi connectivity index (χ0) is 18.5. The number of hydrogen-bond acceptors (Lipinski definition) is 4. The van der Waals surface area contributed by atoms with Gasteiger partial charge in [-0.25, -0.2) is 0 Å². The van der Waals surface area contributed by atoms with Gasteiger partial charge in [-0.15, -0.1) is 0 Å². The second kappa shape index (κ2) is 7.86. The van der Waals surface area contributed by atoms with Crippen LogP contribution >= 0.6 is 0 Å². The molecule has 136 valence electrons. The number of nitrogens with one attached hydrogen (secondary N) is 1. The molecule has 3 rings (SSSR count). The van der Waals surface area contributed by atoms with Gasteiger partial charge in [-0.3, -0.25) is 14.4 Å². The Kier molecular flexibility index (Phi) is 5.36. The predicted molar refractivity (Wildman–Crippen MR) is 93.7 cm³/mol. The summed E-state index contributed by atoms with van der Waals surface area (Å²) in [5.74, 6) is -0.910. The lowest BCUT2D eigenvalue weighted by Crippen LogP contribution is -2.55. The SMILES string of the molecule is Cc1cccc(CN2CCN(CC(=O)NCc3ccco3)C(=O)C2=O)c1. The zero-order valence-corrected chi connectivity index (χ0v) is 14.6. The molecule has 0 unspecified atom stereocenters. The number of nitrogens with zero attached hydrogens (tertiary/aromatic N) is 2. The van der Waals surface area contributed by atoms with Crippen molar-refractivity contribution in [3.8, 4) is 0 Å². The summed E-state index contributed by atoms with van der Waals surface area (Å²) >= 11 is 0. The van der Waals surface area contributed by atoms with Crippen LogP contribution in [0.4, 0.5) is 0 Å². The molecular weight excluding hydrogens is 334 g/mol. The first-order chi connectivity index (χ1) is 12.5. The van der Waals surface area contributed by atoms with E-state index in [4.69, 9.17) is 4.42 Å². The molecule has 1 aliphatic rings. The van der Waals surface area contributed by atoms with Gasteiger partial charge in [-0.2, -0.15) is 0 Å². The van der Waals surface area contributed by atoms with E-state index < -0.39 is 11.8 Å². The Bertz CT molecular complexity index is 801. The molecule has 0 aliphatic carbocycles. The lowest BCUT2D eigenvalue weighted by molar-refractivity contribution is -0.157. The summed E-state index contributed by atoms with van der Waals surface area (Å²) in [5, 5.41) is 2.67. The topological polar surface area (TPSA) is 82.9 Å². The molecule has 1 fully saturated rings. The Balaban J connectivity index is 1.52. The van der Waals surface area contributed by atoms with Crippen LogP contribution in [0.25, 0.3) is 0 Å². The van der Waals surface area contributed by atoms with E-state index in [9.17, 15) is 14.4 Å². The fourth-order valence-corrected chi connectivity index (χ4v) is 2.88. The van der Waals surface area contributed by atoms with Crippen LogP contribution in [-0.2, 0) is 27.5 Å². The van der Waals surface area contributed by atoms with E-state index in [2.05, 4.69) is 5.32 Å². The number of aryl methyl sites for hydroxylation is 1. The van der Waals surface area contributed by atoms with Crippen molar-refractivity contribution in [2.24, 2.45) is 0 Å². The van der Waals surface area contributed by atoms with Crippen LogP contribution < -0.4 is 5.32 Å². The first-order valence-corrected chi connectivity index (χ1v) is 8.46. The molecule has 0 saturated carbocycles. The molecule has 7 nitrogen and oxygen atoms in total. The van der Waals surface area contributed by atoms with Crippen molar-refractivity contribution < 1.29 is 18.8 Å². The molecule has 1 aromatic heterocycles. The van der Waals surface area contributed by atoms with Gasteiger partial charge in [0.15, 0.2) is 0 Å². The lowest BCUT2D eigenvalue weighted by atomic mass is 10.1. The fourth-order valence-electron chi connectivity index (χ4n) is 2.88. The average Bonchev–Trinajstić information content (AvgIpc) is 3.13. The van der Waals surface area contributed by atoms with Crippen LogP contribution in [0.15, 0.2) is 47.1 Å². The van der Waals surface area contributed by atoms with E-state index in [0.29, 0.717) is 25.4 Å². The lowest BCUT2D eigenvalue weighted by Gasteiger charge is -2.33.